The van der Waals surface area contributed by atoms with Gasteiger partial charge in [-0.15, -0.1) is 0 Å². The number of carbonyl (C=O) groups excluding carboxylic acids is 1. The van der Waals surface area contributed by atoms with Gasteiger partial charge in [0.05, 0.1) is 0 Å². The molecule has 1 unspecified atom stereocenters. The lowest BCUT2D eigenvalue weighted by atomic mass is 9.88. The van der Waals surface area contributed by atoms with Crippen molar-refractivity contribution in [3.05, 3.63) is 70.9 Å². The summed E-state index contributed by atoms with van der Waals surface area (Å²) >= 11 is 6.12. The van der Waals surface area contributed by atoms with Gasteiger partial charge in [-0.1, -0.05) is 35.9 Å². The van der Waals surface area contributed by atoms with E-state index in [1.807, 2.05) is 36.5 Å². The van der Waals surface area contributed by atoms with Gasteiger partial charge in [0.25, 0.3) is 0 Å². The summed E-state index contributed by atoms with van der Waals surface area (Å²) in [6.45, 7) is 0. The molecule has 0 fully saturated rings. The van der Waals surface area contributed by atoms with Crippen LogP contribution >= 0.6 is 11.6 Å². The zero-order valence-electron chi connectivity index (χ0n) is 12.3. The average molecular weight is 313 g/mol. The van der Waals surface area contributed by atoms with Crippen molar-refractivity contribution in [2.45, 2.75) is 12.3 Å². The molecule has 3 nitrogen and oxygen atoms in total. The summed E-state index contributed by atoms with van der Waals surface area (Å²) in [6, 6.07) is 16.0. The predicted molar refractivity (Wildman–Crippen MR) is 90.3 cm³/mol. The molecule has 0 bridgehead atoms. The van der Waals surface area contributed by atoms with Crippen molar-refractivity contribution in [3.63, 3.8) is 0 Å². The molecule has 1 heterocycles. The lowest BCUT2D eigenvalue weighted by Gasteiger charge is -2.18. The first-order valence-electron chi connectivity index (χ1n) is 7.20. The molecule has 1 atom stereocenters. The van der Waals surface area contributed by atoms with Crippen molar-refractivity contribution < 1.29 is 4.79 Å². The van der Waals surface area contributed by atoms with Crippen molar-refractivity contribution in [1.82, 2.24) is 10.3 Å². The van der Waals surface area contributed by atoms with E-state index in [2.05, 4.69) is 28.5 Å². The van der Waals surface area contributed by atoms with E-state index in [4.69, 9.17) is 11.6 Å². The normalized spacial score (nSPS) is 12.3. The molecule has 2 aromatic carbocycles. The standard InChI is InChI=1S/C18H17ClN2O/c1-20-18(22)11-16(13-3-2-4-15(19)9-13)14-6-5-12-7-8-21-17(12)10-14/h2-10,16,21H,11H2,1H3,(H,20,22). The van der Waals surface area contributed by atoms with E-state index in [9.17, 15) is 4.79 Å². The van der Waals surface area contributed by atoms with Crippen LogP contribution in [-0.4, -0.2) is 17.9 Å². The molecule has 0 radical (unpaired) electrons. The van der Waals surface area contributed by atoms with Crippen LogP contribution in [0.25, 0.3) is 10.9 Å². The van der Waals surface area contributed by atoms with Gasteiger partial charge in [-0.25, -0.2) is 0 Å². The maximum atomic E-state index is 11.9. The van der Waals surface area contributed by atoms with Gasteiger partial charge in [0.15, 0.2) is 0 Å². The Kier molecular flexibility index (Phi) is 4.16. The number of aromatic amines is 1. The Balaban J connectivity index is 2.05. The van der Waals surface area contributed by atoms with Crippen LogP contribution in [0.15, 0.2) is 54.7 Å². The van der Waals surface area contributed by atoms with Gasteiger partial charge in [0.1, 0.15) is 0 Å². The molecule has 0 saturated heterocycles. The number of nitrogens with one attached hydrogen (secondary N) is 2. The van der Waals surface area contributed by atoms with E-state index in [0.717, 1.165) is 22.0 Å². The second-order valence-corrected chi connectivity index (χ2v) is 5.75. The quantitative estimate of drug-likeness (QED) is 0.749. The van der Waals surface area contributed by atoms with Crippen LogP contribution in [0.3, 0.4) is 0 Å². The van der Waals surface area contributed by atoms with E-state index in [1.165, 1.54) is 0 Å². The van der Waals surface area contributed by atoms with Crippen LogP contribution in [0.2, 0.25) is 5.02 Å². The average Bonchev–Trinajstić information content (AvgIpc) is 2.99. The molecule has 22 heavy (non-hydrogen) atoms. The van der Waals surface area contributed by atoms with E-state index >= 15 is 0 Å². The Morgan fingerprint density at radius 3 is 2.77 bits per heavy atom. The van der Waals surface area contributed by atoms with Crippen molar-refractivity contribution in [1.29, 1.82) is 0 Å². The van der Waals surface area contributed by atoms with Gasteiger partial charge < -0.3 is 10.3 Å². The second-order valence-electron chi connectivity index (χ2n) is 5.31. The smallest absolute Gasteiger partial charge is 0.220 e. The van der Waals surface area contributed by atoms with Gasteiger partial charge in [0.2, 0.25) is 5.91 Å². The molecule has 1 amide bonds. The summed E-state index contributed by atoms with van der Waals surface area (Å²) in [5.41, 5.74) is 3.21. The minimum Gasteiger partial charge on any atom is -0.361 e. The summed E-state index contributed by atoms with van der Waals surface area (Å²) in [5, 5.41) is 4.54. The number of hydrogen-bond donors (Lipinski definition) is 2. The molecule has 0 saturated carbocycles. The van der Waals surface area contributed by atoms with E-state index in [-0.39, 0.29) is 11.8 Å². The van der Waals surface area contributed by atoms with E-state index in [1.54, 1.807) is 7.05 Å². The van der Waals surface area contributed by atoms with Gasteiger partial charge in [-0.05, 0) is 40.8 Å². The summed E-state index contributed by atoms with van der Waals surface area (Å²) < 4.78 is 0. The van der Waals surface area contributed by atoms with E-state index < -0.39 is 0 Å². The highest BCUT2D eigenvalue weighted by molar-refractivity contribution is 6.30. The molecule has 0 spiro atoms. The van der Waals surface area contributed by atoms with E-state index in [0.29, 0.717) is 11.4 Å². The number of aromatic nitrogens is 1. The fourth-order valence-electron chi connectivity index (χ4n) is 2.72. The Labute approximate surface area is 134 Å². The number of H-pyrrole nitrogens is 1. The third-order valence-corrected chi connectivity index (χ3v) is 4.14. The molecule has 1 aromatic heterocycles. The van der Waals surface area contributed by atoms with Crippen LogP contribution < -0.4 is 5.32 Å². The summed E-state index contributed by atoms with van der Waals surface area (Å²) in [5.74, 6) is -0.0112. The number of hydrogen-bond acceptors (Lipinski definition) is 1. The summed E-state index contributed by atoms with van der Waals surface area (Å²) in [6.07, 6.45) is 2.31. The van der Waals surface area contributed by atoms with Gasteiger partial charge in [-0.3, -0.25) is 4.79 Å². The van der Waals surface area contributed by atoms with Gasteiger partial charge in [-0.2, -0.15) is 0 Å². The zero-order valence-corrected chi connectivity index (χ0v) is 13.0. The molecule has 3 rings (SSSR count). The van der Waals surface area contributed by atoms with Crippen molar-refractivity contribution in [2.24, 2.45) is 0 Å². The van der Waals surface area contributed by atoms with Crippen molar-refractivity contribution >= 4 is 28.4 Å². The highest BCUT2D eigenvalue weighted by Crippen LogP contribution is 2.31. The molecular formula is C18H17ClN2O. The molecule has 112 valence electrons. The maximum absolute atomic E-state index is 11.9. The fourth-order valence-corrected chi connectivity index (χ4v) is 2.92. The number of rotatable bonds is 4. The predicted octanol–water partition coefficient (Wildman–Crippen LogP) is 4.09. The molecule has 2 N–H and O–H groups in total. The third-order valence-electron chi connectivity index (χ3n) is 3.90. The SMILES string of the molecule is CNC(=O)CC(c1cccc(Cl)c1)c1ccc2cc[nH]c2c1. The topological polar surface area (TPSA) is 44.9 Å². The highest BCUT2D eigenvalue weighted by Gasteiger charge is 2.18. The number of amides is 1. The number of fused-ring (bicyclic) bond motifs is 1. The highest BCUT2D eigenvalue weighted by atomic mass is 35.5. The van der Waals surface area contributed by atoms with Crippen LogP contribution in [0, 0.1) is 0 Å². The van der Waals surface area contributed by atoms with Crippen molar-refractivity contribution in [2.75, 3.05) is 7.05 Å². The monoisotopic (exact) mass is 312 g/mol. The lowest BCUT2D eigenvalue weighted by Crippen LogP contribution is -2.21. The maximum Gasteiger partial charge on any atom is 0.220 e. The molecular weight excluding hydrogens is 296 g/mol. The lowest BCUT2D eigenvalue weighted by molar-refractivity contribution is -0.120. The fraction of sp³-hybridized carbons (Fsp3) is 0.167. The Bertz CT molecular complexity index is 809. The number of carbonyl (C=O) groups is 1. The Hall–Kier alpha value is -2.26. The van der Waals surface area contributed by atoms with Crippen LogP contribution in [0.5, 0.6) is 0 Å². The minimum absolute atomic E-state index is 0.0107. The molecule has 4 heteroatoms. The Morgan fingerprint density at radius 2 is 2.00 bits per heavy atom. The first kappa shape index (κ1) is 14.7. The number of benzene rings is 2. The van der Waals surface area contributed by atoms with Crippen LogP contribution in [-0.2, 0) is 4.79 Å². The first-order chi connectivity index (χ1) is 10.7. The molecule has 0 aliphatic rings. The molecule has 0 aliphatic carbocycles. The second kappa shape index (κ2) is 6.24. The van der Waals surface area contributed by atoms with Crippen LogP contribution in [0.4, 0.5) is 0 Å². The largest absolute Gasteiger partial charge is 0.361 e. The summed E-state index contributed by atoms with van der Waals surface area (Å²) in [4.78, 5) is 15.1. The summed E-state index contributed by atoms with van der Waals surface area (Å²) in [7, 11) is 1.66. The zero-order chi connectivity index (χ0) is 15.5. The Morgan fingerprint density at radius 1 is 1.18 bits per heavy atom. The number of halogens is 1. The van der Waals surface area contributed by atoms with Gasteiger partial charge in [0, 0.05) is 36.1 Å². The molecule has 0 aliphatic heterocycles. The third kappa shape index (κ3) is 3.00. The van der Waals surface area contributed by atoms with Gasteiger partial charge >= 0.3 is 0 Å². The van der Waals surface area contributed by atoms with Crippen LogP contribution in [0.1, 0.15) is 23.5 Å². The molecule has 3 aromatic rings. The van der Waals surface area contributed by atoms with Crippen molar-refractivity contribution in [3.8, 4) is 0 Å². The first-order valence-corrected chi connectivity index (χ1v) is 7.58. The minimum atomic E-state index is -0.0219.